The van der Waals surface area contributed by atoms with Crippen LogP contribution in [0.3, 0.4) is 0 Å². The fraction of sp³-hybridized carbons (Fsp3) is 0.556. The molecule has 0 aliphatic rings. The highest BCUT2D eigenvalue weighted by atomic mass is 19.4. The number of aryl methyl sites for hydroxylation is 1. The average Bonchev–Trinajstić information content (AvgIpc) is 2.87. The van der Waals surface area contributed by atoms with Crippen molar-refractivity contribution in [3.05, 3.63) is 29.0 Å². The van der Waals surface area contributed by atoms with E-state index in [2.05, 4.69) is 15.5 Å². The number of halogens is 3. The molecule has 1 amide bonds. The molecule has 1 heterocycles. The summed E-state index contributed by atoms with van der Waals surface area (Å²) in [7, 11) is 0. The number of fused-ring (bicyclic) bond motifs is 1. The maximum atomic E-state index is 13.2. The van der Waals surface area contributed by atoms with Gasteiger partial charge in [0.15, 0.2) is 0 Å². The van der Waals surface area contributed by atoms with E-state index < -0.39 is 29.5 Å². The molecule has 144 valence electrons. The van der Waals surface area contributed by atoms with E-state index in [9.17, 15) is 18.0 Å². The van der Waals surface area contributed by atoms with Crippen molar-refractivity contribution in [2.45, 2.75) is 65.3 Å². The number of ether oxygens (including phenoxy) is 1. The van der Waals surface area contributed by atoms with Gasteiger partial charge in [-0.2, -0.15) is 18.3 Å². The molecule has 5 nitrogen and oxygen atoms in total. The van der Waals surface area contributed by atoms with E-state index in [1.54, 1.807) is 27.7 Å². The maximum absolute atomic E-state index is 13.2. The minimum atomic E-state index is -4.46. The van der Waals surface area contributed by atoms with Crippen molar-refractivity contribution in [2.75, 3.05) is 0 Å². The van der Waals surface area contributed by atoms with Gasteiger partial charge in [-0.15, -0.1) is 0 Å². The minimum Gasteiger partial charge on any atom is -0.444 e. The van der Waals surface area contributed by atoms with Gasteiger partial charge in [0.05, 0.1) is 11.1 Å². The molecule has 1 atom stereocenters. The highest BCUT2D eigenvalue weighted by molar-refractivity contribution is 5.86. The molecular weight excluding hydrogens is 347 g/mol. The highest BCUT2D eigenvalue weighted by Gasteiger charge is 2.32. The molecule has 0 bridgehead atoms. The number of nitrogens with zero attached hydrogens (tertiary/aromatic N) is 1. The number of alkyl carbamates (subject to hydrolysis) is 1. The monoisotopic (exact) mass is 371 g/mol. The summed E-state index contributed by atoms with van der Waals surface area (Å²) in [6, 6.07) is 1.77. The van der Waals surface area contributed by atoms with E-state index in [4.69, 9.17) is 4.74 Å². The Hall–Kier alpha value is -2.25. The van der Waals surface area contributed by atoms with Crippen LogP contribution in [0.4, 0.5) is 18.0 Å². The number of rotatable bonds is 4. The second-order valence-corrected chi connectivity index (χ2v) is 7.33. The topological polar surface area (TPSA) is 67.0 Å². The number of hydrogen-bond acceptors (Lipinski definition) is 3. The molecule has 0 unspecified atom stereocenters. The van der Waals surface area contributed by atoms with Crippen LogP contribution < -0.4 is 5.32 Å². The SMILES string of the molecule is CCc1[nH]nc2cc(C(F)(F)F)cc(C[C@H](C)NC(=O)OC(C)(C)C)c12. The maximum Gasteiger partial charge on any atom is 0.416 e. The standard InChI is InChI=1S/C18H24F3N3O2/c1-6-13-15-11(7-10(2)22-16(25)26-17(3,4)5)8-12(18(19,20)21)9-14(15)24-23-13/h8-10H,6-7H2,1-5H3,(H,22,25)(H,23,24)/t10-/m0/s1. The van der Waals surface area contributed by atoms with Gasteiger partial charge in [0.1, 0.15) is 5.60 Å². The third kappa shape index (κ3) is 4.89. The summed E-state index contributed by atoms with van der Waals surface area (Å²) < 4.78 is 44.8. The zero-order valence-corrected chi connectivity index (χ0v) is 15.5. The smallest absolute Gasteiger partial charge is 0.416 e. The van der Waals surface area contributed by atoms with Crippen molar-refractivity contribution in [3.63, 3.8) is 0 Å². The zero-order chi connectivity index (χ0) is 19.7. The second kappa shape index (κ2) is 7.17. The summed E-state index contributed by atoms with van der Waals surface area (Å²) in [4.78, 5) is 11.9. The first kappa shape index (κ1) is 20.1. The van der Waals surface area contributed by atoms with Gasteiger partial charge in [0.25, 0.3) is 0 Å². The first-order valence-corrected chi connectivity index (χ1v) is 8.47. The molecule has 2 aromatic rings. The van der Waals surface area contributed by atoms with E-state index in [1.165, 1.54) is 0 Å². The van der Waals surface area contributed by atoms with Crippen LogP contribution in [-0.4, -0.2) is 27.9 Å². The predicted molar refractivity (Wildman–Crippen MR) is 93.0 cm³/mol. The van der Waals surface area contributed by atoms with Crippen molar-refractivity contribution in [1.82, 2.24) is 15.5 Å². The molecule has 0 fully saturated rings. The Morgan fingerprint density at radius 1 is 1.31 bits per heavy atom. The van der Waals surface area contributed by atoms with Gasteiger partial charge < -0.3 is 10.1 Å². The minimum absolute atomic E-state index is 0.228. The van der Waals surface area contributed by atoms with Crippen LogP contribution in [0.25, 0.3) is 10.9 Å². The molecule has 8 heteroatoms. The number of aromatic amines is 1. The largest absolute Gasteiger partial charge is 0.444 e. The van der Waals surface area contributed by atoms with Crippen LogP contribution in [0.1, 0.15) is 51.4 Å². The Labute approximate surface area is 150 Å². The van der Waals surface area contributed by atoms with Crippen molar-refractivity contribution in [1.29, 1.82) is 0 Å². The predicted octanol–water partition coefficient (Wildman–Crippen LogP) is 4.60. The number of amides is 1. The van der Waals surface area contributed by atoms with E-state index in [-0.39, 0.29) is 11.9 Å². The number of nitrogens with one attached hydrogen (secondary N) is 2. The van der Waals surface area contributed by atoms with Gasteiger partial charge in [-0.05, 0) is 58.2 Å². The molecule has 1 aromatic heterocycles. The summed E-state index contributed by atoms with van der Waals surface area (Å²) in [5.41, 5.74) is 0.139. The Morgan fingerprint density at radius 2 is 1.96 bits per heavy atom. The van der Waals surface area contributed by atoms with E-state index >= 15 is 0 Å². The molecule has 2 N–H and O–H groups in total. The Morgan fingerprint density at radius 3 is 2.50 bits per heavy atom. The highest BCUT2D eigenvalue weighted by Crippen LogP contribution is 2.34. The number of carbonyl (C=O) groups is 1. The van der Waals surface area contributed by atoms with Crippen LogP contribution >= 0.6 is 0 Å². The first-order valence-electron chi connectivity index (χ1n) is 8.47. The lowest BCUT2D eigenvalue weighted by Gasteiger charge is -2.22. The molecule has 0 radical (unpaired) electrons. The van der Waals surface area contributed by atoms with Crippen molar-refractivity contribution >= 4 is 17.0 Å². The Bertz CT molecular complexity index is 791. The fourth-order valence-electron chi connectivity index (χ4n) is 2.78. The summed E-state index contributed by atoms with van der Waals surface area (Å²) in [6.07, 6.45) is -4.22. The molecule has 2 rings (SSSR count). The number of alkyl halides is 3. The van der Waals surface area contributed by atoms with Gasteiger partial charge in [-0.3, -0.25) is 5.10 Å². The van der Waals surface area contributed by atoms with Gasteiger partial charge >= 0.3 is 12.3 Å². The van der Waals surface area contributed by atoms with Crippen LogP contribution in [-0.2, 0) is 23.8 Å². The molecule has 1 aromatic carbocycles. The van der Waals surface area contributed by atoms with Crippen molar-refractivity contribution < 1.29 is 22.7 Å². The third-order valence-electron chi connectivity index (χ3n) is 3.78. The van der Waals surface area contributed by atoms with Crippen molar-refractivity contribution in [3.8, 4) is 0 Å². The van der Waals surface area contributed by atoms with Crippen LogP contribution in [0.5, 0.6) is 0 Å². The molecule has 0 aliphatic heterocycles. The van der Waals surface area contributed by atoms with Crippen LogP contribution in [0.2, 0.25) is 0 Å². The quantitative estimate of drug-likeness (QED) is 0.825. The Balaban J connectivity index is 2.32. The molecule has 0 spiro atoms. The first-order chi connectivity index (χ1) is 11.9. The molecule has 0 aliphatic carbocycles. The van der Waals surface area contributed by atoms with Crippen molar-refractivity contribution in [2.24, 2.45) is 0 Å². The van der Waals surface area contributed by atoms with Gasteiger partial charge in [0, 0.05) is 17.1 Å². The lowest BCUT2D eigenvalue weighted by molar-refractivity contribution is -0.137. The number of H-pyrrole nitrogens is 1. The third-order valence-corrected chi connectivity index (χ3v) is 3.78. The normalized spacial score (nSPS) is 13.7. The lowest BCUT2D eigenvalue weighted by atomic mass is 9.97. The summed E-state index contributed by atoms with van der Waals surface area (Å²) in [5, 5.41) is 10.1. The molecule has 0 saturated carbocycles. The number of carbonyl (C=O) groups excluding carboxylic acids is 1. The lowest BCUT2D eigenvalue weighted by Crippen LogP contribution is -2.38. The van der Waals surface area contributed by atoms with Crippen LogP contribution in [0, 0.1) is 0 Å². The van der Waals surface area contributed by atoms with Gasteiger partial charge in [-0.1, -0.05) is 6.92 Å². The number of hydrogen-bond donors (Lipinski definition) is 2. The fourth-order valence-corrected chi connectivity index (χ4v) is 2.78. The Kier molecular flexibility index (Phi) is 5.53. The molecular formula is C18H24F3N3O2. The summed E-state index contributed by atoms with van der Waals surface area (Å²) >= 11 is 0. The molecule has 26 heavy (non-hydrogen) atoms. The van der Waals surface area contributed by atoms with E-state index in [1.807, 2.05) is 6.92 Å². The average molecular weight is 371 g/mol. The summed E-state index contributed by atoms with van der Waals surface area (Å²) in [5.74, 6) is 0. The molecule has 0 saturated heterocycles. The van der Waals surface area contributed by atoms with Gasteiger partial charge in [-0.25, -0.2) is 4.79 Å². The van der Waals surface area contributed by atoms with E-state index in [0.29, 0.717) is 17.4 Å². The summed E-state index contributed by atoms with van der Waals surface area (Å²) in [6.45, 7) is 8.85. The zero-order valence-electron chi connectivity index (χ0n) is 15.5. The second-order valence-electron chi connectivity index (χ2n) is 7.33. The number of benzene rings is 1. The van der Waals surface area contributed by atoms with E-state index in [0.717, 1.165) is 17.8 Å². The van der Waals surface area contributed by atoms with Crippen LogP contribution in [0.15, 0.2) is 12.1 Å². The van der Waals surface area contributed by atoms with Gasteiger partial charge in [0.2, 0.25) is 0 Å². The number of aromatic nitrogens is 2.